The van der Waals surface area contributed by atoms with E-state index in [0.717, 1.165) is 25.4 Å². The molecule has 0 spiro atoms. The fraction of sp³-hybridized carbons (Fsp3) is 0.136. The predicted octanol–water partition coefficient (Wildman–Crippen LogP) is 4.83. The predicted molar refractivity (Wildman–Crippen MR) is 131 cm³/mol. The molecule has 0 unspecified atom stereocenters. The number of sulfonamides is 1. The molecule has 0 aliphatic carbocycles. The lowest BCUT2D eigenvalue weighted by Crippen LogP contribution is -2.31. The topological polar surface area (TPSA) is 92.3 Å². The Kier molecular flexibility index (Phi) is 6.20. The van der Waals surface area contributed by atoms with Crippen LogP contribution in [0.4, 0.5) is 5.13 Å². The van der Waals surface area contributed by atoms with Crippen molar-refractivity contribution in [1.29, 1.82) is 0 Å². The normalized spacial score (nSPS) is 11.8. The number of amides is 1. The van der Waals surface area contributed by atoms with Crippen molar-refractivity contribution in [2.45, 2.75) is 11.8 Å². The Bertz CT molecular complexity index is 1430. The van der Waals surface area contributed by atoms with Gasteiger partial charge in [0.1, 0.15) is 5.52 Å². The number of hydrogen-bond donors (Lipinski definition) is 1. The van der Waals surface area contributed by atoms with E-state index in [-0.39, 0.29) is 23.9 Å². The molecule has 7 nitrogen and oxygen atoms in total. The number of rotatable bonds is 8. The summed E-state index contributed by atoms with van der Waals surface area (Å²) in [6.45, 7) is 9.49. The fourth-order valence-corrected chi connectivity index (χ4v) is 6.43. The number of fused-ring (bicyclic) bond motifs is 3. The van der Waals surface area contributed by atoms with E-state index >= 15 is 0 Å². The van der Waals surface area contributed by atoms with Crippen LogP contribution in [0, 0.1) is 6.92 Å². The number of aromatic nitrogens is 2. The number of carbonyl (C=O) groups excluding carboxylic acids is 1. The van der Waals surface area contributed by atoms with Gasteiger partial charge in [-0.15, -0.1) is 24.5 Å². The zero-order valence-electron chi connectivity index (χ0n) is 17.2. The van der Waals surface area contributed by atoms with Crippen LogP contribution in [0.3, 0.4) is 0 Å². The van der Waals surface area contributed by atoms with Crippen LogP contribution in [0.5, 0.6) is 0 Å². The lowest BCUT2D eigenvalue weighted by atomic mass is 10.2. The Morgan fingerprint density at radius 3 is 2.41 bits per heavy atom. The highest BCUT2D eigenvalue weighted by atomic mass is 32.2. The minimum Gasteiger partial charge on any atom is -0.298 e. The first-order valence-corrected chi connectivity index (χ1v) is 12.7. The van der Waals surface area contributed by atoms with Gasteiger partial charge in [0.15, 0.2) is 5.13 Å². The molecule has 4 aromatic rings. The van der Waals surface area contributed by atoms with E-state index in [1.54, 1.807) is 11.3 Å². The first-order valence-electron chi connectivity index (χ1n) is 9.63. The van der Waals surface area contributed by atoms with Crippen LogP contribution in [-0.4, -0.2) is 41.7 Å². The molecule has 2 aromatic heterocycles. The molecule has 0 fully saturated rings. The molecule has 0 saturated carbocycles. The van der Waals surface area contributed by atoms with Gasteiger partial charge < -0.3 is 0 Å². The van der Waals surface area contributed by atoms with Gasteiger partial charge in [0.05, 0.1) is 24.8 Å². The average Bonchev–Trinajstić information content (AvgIpc) is 3.35. The average molecular weight is 485 g/mol. The second kappa shape index (κ2) is 8.91. The summed E-state index contributed by atoms with van der Waals surface area (Å²) < 4.78 is 28.9. The van der Waals surface area contributed by atoms with Crippen LogP contribution in [0.2, 0.25) is 0 Å². The molecule has 2 aromatic carbocycles. The molecule has 0 bridgehead atoms. The number of benzene rings is 2. The Morgan fingerprint density at radius 2 is 1.75 bits per heavy atom. The standard InChI is InChI=1S/C22H20N4O3S3/c1-4-12-26(13-5-2)32(28,29)16-8-6-15(7-9-16)21(27)25-22-24-17-10-11-18-19(20(17)31-22)23-14(3)30-18/h4-11H,1-2,12-13H2,3H3,(H,24,25,27). The maximum Gasteiger partial charge on any atom is 0.257 e. The SMILES string of the molecule is C=CCN(CC=C)S(=O)(=O)c1ccc(C(=O)Nc2nc3ccc4sc(C)nc4c3s2)cc1. The minimum atomic E-state index is -3.72. The highest BCUT2D eigenvalue weighted by molar-refractivity contribution is 7.89. The third-order valence-electron chi connectivity index (χ3n) is 4.66. The number of nitrogens with zero attached hydrogens (tertiary/aromatic N) is 3. The summed E-state index contributed by atoms with van der Waals surface area (Å²) in [4.78, 5) is 21.9. The quantitative estimate of drug-likeness (QED) is 0.362. The van der Waals surface area contributed by atoms with E-state index in [1.165, 1.54) is 52.1 Å². The van der Waals surface area contributed by atoms with Gasteiger partial charge in [-0.25, -0.2) is 18.4 Å². The molecule has 1 amide bonds. The maximum atomic E-state index is 12.8. The van der Waals surface area contributed by atoms with Crippen molar-refractivity contribution in [2.75, 3.05) is 18.4 Å². The van der Waals surface area contributed by atoms with Crippen LogP contribution in [-0.2, 0) is 10.0 Å². The molecule has 1 N–H and O–H groups in total. The first kappa shape index (κ1) is 22.3. The van der Waals surface area contributed by atoms with Crippen molar-refractivity contribution in [1.82, 2.24) is 14.3 Å². The molecule has 2 heterocycles. The van der Waals surface area contributed by atoms with Crippen molar-refractivity contribution in [3.63, 3.8) is 0 Å². The third kappa shape index (κ3) is 4.22. The monoisotopic (exact) mass is 484 g/mol. The van der Waals surface area contributed by atoms with E-state index < -0.39 is 10.0 Å². The van der Waals surface area contributed by atoms with Crippen LogP contribution in [0.15, 0.2) is 66.6 Å². The molecule has 0 aliphatic rings. The highest BCUT2D eigenvalue weighted by Crippen LogP contribution is 2.34. The Hall–Kier alpha value is -2.92. The number of thiazole rings is 2. The Balaban J connectivity index is 1.56. The van der Waals surface area contributed by atoms with E-state index in [4.69, 9.17) is 0 Å². The number of carbonyl (C=O) groups is 1. The van der Waals surface area contributed by atoms with Crippen molar-refractivity contribution >= 4 is 64.2 Å². The van der Waals surface area contributed by atoms with Crippen LogP contribution in [0.1, 0.15) is 15.4 Å². The van der Waals surface area contributed by atoms with Gasteiger partial charge in [-0.05, 0) is 43.3 Å². The summed E-state index contributed by atoms with van der Waals surface area (Å²) in [7, 11) is -3.72. The van der Waals surface area contributed by atoms with Crippen LogP contribution >= 0.6 is 22.7 Å². The van der Waals surface area contributed by atoms with Gasteiger partial charge in [-0.2, -0.15) is 4.31 Å². The molecular weight excluding hydrogens is 464 g/mol. The largest absolute Gasteiger partial charge is 0.298 e. The lowest BCUT2D eigenvalue weighted by Gasteiger charge is -2.19. The molecule has 0 saturated heterocycles. The second-order valence-electron chi connectivity index (χ2n) is 6.89. The van der Waals surface area contributed by atoms with Gasteiger partial charge in [-0.3, -0.25) is 10.1 Å². The van der Waals surface area contributed by atoms with Crippen molar-refractivity contribution in [3.05, 3.63) is 72.3 Å². The van der Waals surface area contributed by atoms with Crippen LogP contribution < -0.4 is 5.32 Å². The molecule has 0 aliphatic heterocycles. The van der Waals surface area contributed by atoms with E-state index in [9.17, 15) is 13.2 Å². The molecule has 0 atom stereocenters. The maximum absolute atomic E-state index is 12.8. The number of anilines is 1. The Morgan fingerprint density at radius 1 is 1.06 bits per heavy atom. The molecule has 32 heavy (non-hydrogen) atoms. The summed E-state index contributed by atoms with van der Waals surface area (Å²) in [5.74, 6) is -0.368. The summed E-state index contributed by atoms with van der Waals surface area (Å²) in [6.07, 6.45) is 3.03. The minimum absolute atomic E-state index is 0.0963. The summed E-state index contributed by atoms with van der Waals surface area (Å²) in [6, 6.07) is 9.70. The number of aryl methyl sites for hydroxylation is 1. The molecule has 164 valence electrons. The van der Waals surface area contributed by atoms with Gasteiger partial charge in [-0.1, -0.05) is 23.5 Å². The number of hydrogen-bond acceptors (Lipinski definition) is 7. The van der Waals surface area contributed by atoms with Crippen molar-refractivity contribution in [3.8, 4) is 0 Å². The third-order valence-corrected chi connectivity index (χ3v) is 8.44. The van der Waals surface area contributed by atoms with E-state index in [1.807, 2.05) is 19.1 Å². The second-order valence-corrected chi connectivity index (χ2v) is 11.1. The molecule has 4 rings (SSSR count). The summed E-state index contributed by atoms with van der Waals surface area (Å²) in [5.41, 5.74) is 1.99. The van der Waals surface area contributed by atoms with Crippen molar-refractivity contribution < 1.29 is 13.2 Å². The van der Waals surface area contributed by atoms with E-state index in [0.29, 0.717) is 10.7 Å². The van der Waals surface area contributed by atoms with Gasteiger partial charge in [0.25, 0.3) is 5.91 Å². The lowest BCUT2D eigenvalue weighted by molar-refractivity contribution is 0.102. The van der Waals surface area contributed by atoms with Crippen molar-refractivity contribution in [2.24, 2.45) is 0 Å². The summed E-state index contributed by atoms with van der Waals surface area (Å²) >= 11 is 2.98. The van der Waals surface area contributed by atoms with Gasteiger partial charge in [0.2, 0.25) is 10.0 Å². The van der Waals surface area contributed by atoms with Gasteiger partial charge in [0, 0.05) is 18.7 Å². The Labute approximate surface area is 193 Å². The first-order chi connectivity index (χ1) is 15.3. The molecule has 0 radical (unpaired) electrons. The fourth-order valence-electron chi connectivity index (χ4n) is 3.20. The van der Waals surface area contributed by atoms with Crippen LogP contribution in [0.25, 0.3) is 20.4 Å². The molecular formula is C22H20N4O3S3. The zero-order chi connectivity index (χ0) is 22.9. The van der Waals surface area contributed by atoms with Gasteiger partial charge >= 0.3 is 0 Å². The molecule has 10 heteroatoms. The highest BCUT2D eigenvalue weighted by Gasteiger charge is 2.23. The zero-order valence-corrected chi connectivity index (χ0v) is 19.7. The smallest absolute Gasteiger partial charge is 0.257 e. The van der Waals surface area contributed by atoms with E-state index in [2.05, 4.69) is 28.4 Å². The summed E-state index contributed by atoms with van der Waals surface area (Å²) in [5, 5.41) is 4.23. The number of nitrogens with one attached hydrogen (secondary N) is 1.